The zero-order valence-corrected chi connectivity index (χ0v) is 24.9. The number of nitrogens with zero attached hydrogens (tertiary/aromatic N) is 5. The van der Waals surface area contributed by atoms with Crippen molar-refractivity contribution in [3.63, 3.8) is 0 Å². The molecule has 5 aromatic rings. The Bertz CT molecular complexity index is 1950. The Kier molecular flexibility index (Phi) is 7.26. The number of ether oxygens (including phenoxy) is 1. The molecule has 2 saturated heterocycles. The molecule has 3 aromatic carbocycles. The van der Waals surface area contributed by atoms with Gasteiger partial charge in [-0.25, -0.2) is 9.97 Å². The van der Waals surface area contributed by atoms with Crippen LogP contribution in [0.5, 0.6) is 5.75 Å². The molecule has 0 bridgehead atoms. The molecule has 9 nitrogen and oxygen atoms in total. The van der Waals surface area contributed by atoms with Crippen LogP contribution >= 0.6 is 0 Å². The Morgan fingerprint density at radius 3 is 2.59 bits per heavy atom. The molecule has 222 valence electrons. The van der Waals surface area contributed by atoms with Crippen LogP contribution in [0.3, 0.4) is 0 Å². The molecule has 2 atom stereocenters. The number of methoxy groups -OCH3 is 1. The maximum absolute atomic E-state index is 13.6. The Balaban J connectivity index is 1.19. The largest absolute Gasteiger partial charge is 0.497 e. The highest BCUT2D eigenvalue weighted by molar-refractivity contribution is 5.81. The topological polar surface area (TPSA) is 96.3 Å². The van der Waals surface area contributed by atoms with Crippen LogP contribution < -0.4 is 4.74 Å². The summed E-state index contributed by atoms with van der Waals surface area (Å²) in [5.41, 5.74) is 5.27. The van der Waals surface area contributed by atoms with E-state index in [9.17, 15) is 9.59 Å². The minimum atomic E-state index is -0.164. The summed E-state index contributed by atoms with van der Waals surface area (Å²) in [6.45, 7) is 3.06. The molecular formula is C35H34N6O3. The van der Waals surface area contributed by atoms with E-state index in [0.717, 1.165) is 82.8 Å². The first kappa shape index (κ1) is 27.7. The standard InChI is InChI=1S/C35H34N6O3/c1-23(42)39-17-6-12-31(39)34-36-27-15-14-24(21-29(27)37-34)16-19-41-30-11-4-3-10-28(30)38-35(41)32-13-7-18-40(32)33(43)22-25-8-5-9-26(20-25)44-2/h3-5,8-11,14-15,20-21,31-32H,6-7,12-13,17-18,22H2,1-2H3,(H,36,37)/t31-,32-/m0/s1. The number of aromatic amines is 1. The fourth-order valence-electron chi connectivity index (χ4n) is 6.59. The van der Waals surface area contributed by atoms with Crippen LogP contribution in [0.1, 0.15) is 67.5 Å². The van der Waals surface area contributed by atoms with E-state index in [2.05, 4.69) is 16.9 Å². The quantitative estimate of drug-likeness (QED) is 0.280. The number of hydrogen-bond donors (Lipinski definition) is 1. The number of rotatable bonds is 5. The number of fused-ring (bicyclic) bond motifs is 2. The number of likely N-dealkylation sites (tertiary alicyclic amines) is 2. The maximum atomic E-state index is 13.6. The highest BCUT2D eigenvalue weighted by Gasteiger charge is 2.34. The van der Waals surface area contributed by atoms with Crippen LogP contribution in [0.25, 0.3) is 22.1 Å². The van der Waals surface area contributed by atoms with E-state index in [4.69, 9.17) is 14.7 Å². The predicted octanol–water partition coefficient (Wildman–Crippen LogP) is 5.37. The third kappa shape index (κ3) is 5.17. The lowest BCUT2D eigenvalue weighted by atomic mass is 10.1. The molecule has 2 aromatic heterocycles. The van der Waals surface area contributed by atoms with Gasteiger partial charge in [0, 0.05) is 31.6 Å². The maximum Gasteiger partial charge on any atom is 0.227 e. The van der Waals surface area contributed by atoms with Crippen molar-refractivity contribution in [3.05, 3.63) is 89.5 Å². The van der Waals surface area contributed by atoms with Crippen molar-refractivity contribution >= 4 is 33.9 Å². The van der Waals surface area contributed by atoms with E-state index in [1.807, 2.05) is 81.1 Å². The summed E-state index contributed by atoms with van der Waals surface area (Å²) in [6, 6.07) is 24.7. The van der Waals surface area contributed by atoms with Crippen molar-refractivity contribution in [3.8, 4) is 17.7 Å². The molecule has 0 aliphatic carbocycles. The second-order valence-electron chi connectivity index (χ2n) is 11.5. The summed E-state index contributed by atoms with van der Waals surface area (Å²) < 4.78 is 7.30. The van der Waals surface area contributed by atoms with Gasteiger partial charge in [-0.2, -0.15) is 0 Å². The molecule has 2 amide bonds. The highest BCUT2D eigenvalue weighted by atomic mass is 16.5. The number of nitrogens with one attached hydrogen (secondary N) is 1. The van der Waals surface area contributed by atoms with E-state index in [-0.39, 0.29) is 23.9 Å². The van der Waals surface area contributed by atoms with Crippen LogP contribution in [-0.2, 0) is 16.0 Å². The smallest absolute Gasteiger partial charge is 0.227 e. The number of benzene rings is 3. The number of carbonyl (C=O) groups excluding carboxylic acids is 2. The summed E-state index contributed by atoms with van der Waals surface area (Å²) in [4.78, 5) is 42.7. The van der Waals surface area contributed by atoms with Crippen molar-refractivity contribution in [1.82, 2.24) is 29.3 Å². The van der Waals surface area contributed by atoms with Crippen molar-refractivity contribution in [1.29, 1.82) is 0 Å². The van der Waals surface area contributed by atoms with E-state index in [1.54, 1.807) is 14.0 Å². The molecule has 2 aliphatic rings. The van der Waals surface area contributed by atoms with Gasteiger partial charge in [0.2, 0.25) is 11.8 Å². The molecule has 1 N–H and O–H groups in total. The SMILES string of the molecule is COc1cccc(CC(=O)N2CCC[C@H]2c2nc3ccccc3n2C#Cc2ccc3nc([C@@H]4CCCN4C(C)=O)[nH]c3c2)c1. The summed E-state index contributed by atoms with van der Waals surface area (Å²) in [6.07, 6.45) is 3.92. The summed E-state index contributed by atoms with van der Waals surface area (Å²) in [5, 5.41) is 0. The molecule has 0 spiro atoms. The Labute approximate surface area is 255 Å². The molecule has 2 fully saturated rings. The Morgan fingerprint density at radius 1 is 0.932 bits per heavy atom. The molecule has 7 rings (SSSR count). The molecule has 0 unspecified atom stereocenters. The lowest BCUT2D eigenvalue weighted by Crippen LogP contribution is -2.33. The number of hydrogen-bond acceptors (Lipinski definition) is 5. The number of carbonyl (C=O) groups is 2. The number of amides is 2. The van der Waals surface area contributed by atoms with E-state index < -0.39 is 0 Å². The zero-order chi connectivity index (χ0) is 30.2. The molecule has 9 heteroatoms. The van der Waals surface area contributed by atoms with Crippen LogP contribution in [0.4, 0.5) is 0 Å². The molecule has 44 heavy (non-hydrogen) atoms. The molecule has 0 radical (unpaired) electrons. The van der Waals surface area contributed by atoms with Gasteiger partial charge in [-0.3, -0.25) is 14.2 Å². The fraction of sp³-hybridized carbons (Fsp3) is 0.314. The number of para-hydroxylation sites is 2. The van der Waals surface area contributed by atoms with Crippen molar-refractivity contribution in [2.75, 3.05) is 20.2 Å². The van der Waals surface area contributed by atoms with Gasteiger partial charge in [-0.05, 0) is 79.6 Å². The second kappa shape index (κ2) is 11.5. The molecule has 2 aliphatic heterocycles. The third-order valence-corrected chi connectivity index (χ3v) is 8.73. The van der Waals surface area contributed by atoms with Crippen molar-refractivity contribution in [2.45, 2.75) is 51.1 Å². The first-order valence-corrected chi connectivity index (χ1v) is 15.2. The van der Waals surface area contributed by atoms with E-state index in [0.29, 0.717) is 13.0 Å². The lowest BCUT2D eigenvalue weighted by Gasteiger charge is -2.24. The summed E-state index contributed by atoms with van der Waals surface area (Å²) in [7, 11) is 1.63. The van der Waals surface area contributed by atoms with E-state index >= 15 is 0 Å². The minimum absolute atomic E-state index is 0.0182. The second-order valence-corrected chi connectivity index (χ2v) is 11.5. The van der Waals surface area contributed by atoms with Crippen molar-refractivity contribution < 1.29 is 14.3 Å². The van der Waals surface area contributed by atoms with E-state index in [1.165, 1.54) is 0 Å². The fourth-order valence-corrected chi connectivity index (χ4v) is 6.59. The van der Waals surface area contributed by atoms with Crippen molar-refractivity contribution in [2.24, 2.45) is 0 Å². The van der Waals surface area contributed by atoms with Gasteiger partial charge >= 0.3 is 0 Å². The molecule has 4 heterocycles. The van der Waals surface area contributed by atoms with Crippen LogP contribution in [-0.4, -0.2) is 61.3 Å². The van der Waals surface area contributed by atoms with Gasteiger partial charge in [-0.1, -0.05) is 24.3 Å². The average Bonchev–Trinajstić information content (AvgIpc) is 3.84. The van der Waals surface area contributed by atoms with Gasteiger partial charge in [0.25, 0.3) is 0 Å². The number of H-pyrrole nitrogens is 1. The van der Waals surface area contributed by atoms with Gasteiger partial charge in [-0.15, -0.1) is 0 Å². The van der Waals surface area contributed by atoms with Gasteiger partial charge in [0.15, 0.2) is 0 Å². The Morgan fingerprint density at radius 2 is 1.75 bits per heavy atom. The molecule has 0 saturated carbocycles. The summed E-state index contributed by atoms with van der Waals surface area (Å²) in [5.74, 6) is 5.83. The first-order valence-electron chi connectivity index (χ1n) is 15.2. The van der Waals surface area contributed by atoms with Gasteiger partial charge < -0.3 is 19.5 Å². The highest BCUT2D eigenvalue weighted by Crippen LogP contribution is 2.34. The van der Waals surface area contributed by atoms with Gasteiger partial charge in [0.05, 0.1) is 47.7 Å². The normalized spacial score (nSPS) is 18.1. The number of aromatic nitrogens is 4. The van der Waals surface area contributed by atoms with Gasteiger partial charge in [0.1, 0.15) is 17.4 Å². The first-order chi connectivity index (χ1) is 21.5. The summed E-state index contributed by atoms with van der Waals surface area (Å²) >= 11 is 0. The molecular weight excluding hydrogens is 552 g/mol. The third-order valence-electron chi connectivity index (χ3n) is 8.73. The predicted molar refractivity (Wildman–Crippen MR) is 168 cm³/mol. The van der Waals surface area contributed by atoms with Crippen LogP contribution in [0, 0.1) is 12.0 Å². The zero-order valence-electron chi connectivity index (χ0n) is 24.9. The lowest BCUT2D eigenvalue weighted by molar-refractivity contribution is -0.131. The minimum Gasteiger partial charge on any atom is -0.497 e. The number of imidazole rings is 2. The monoisotopic (exact) mass is 586 g/mol. The Hall–Kier alpha value is -5.10. The average molecular weight is 587 g/mol. The van der Waals surface area contributed by atoms with Crippen LogP contribution in [0.2, 0.25) is 0 Å². The van der Waals surface area contributed by atoms with Crippen LogP contribution in [0.15, 0.2) is 66.7 Å².